The van der Waals surface area contributed by atoms with Gasteiger partial charge in [-0.25, -0.2) is 24.3 Å². The van der Waals surface area contributed by atoms with Gasteiger partial charge in [0.05, 0.1) is 12.3 Å². The Balaban J connectivity index is 1.34. The van der Waals surface area contributed by atoms with E-state index in [9.17, 15) is 9.59 Å². The lowest BCUT2D eigenvalue weighted by Gasteiger charge is -2.40. The van der Waals surface area contributed by atoms with E-state index in [1.165, 1.54) is 16.9 Å². The van der Waals surface area contributed by atoms with Crippen LogP contribution in [0.2, 0.25) is 0 Å². The number of benzene rings is 1. The van der Waals surface area contributed by atoms with Crippen LogP contribution in [0.25, 0.3) is 0 Å². The number of ether oxygens (including phenoxy) is 2. The second-order valence-electron chi connectivity index (χ2n) is 7.26. The molecule has 0 unspecified atom stereocenters. The molecule has 1 saturated heterocycles. The minimum Gasteiger partial charge on any atom is -0.417 e. The largest absolute Gasteiger partial charge is 0.417 e. The minimum atomic E-state index is -1.20. The fourth-order valence-corrected chi connectivity index (χ4v) is 4.30. The average molecular weight is 445 g/mol. The van der Waals surface area contributed by atoms with Gasteiger partial charge < -0.3 is 9.47 Å². The van der Waals surface area contributed by atoms with Crippen LogP contribution in [0.4, 0.5) is 5.13 Å². The van der Waals surface area contributed by atoms with Gasteiger partial charge in [0.25, 0.3) is 11.5 Å². The lowest BCUT2D eigenvalue weighted by molar-refractivity contribution is -0.301. The molecule has 1 saturated carbocycles. The Morgan fingerprint density at radius 1 is 1.16 bits per heavy atom. The molecule has 2 heterocycles. The Morgan fingerprint density at radius 2 is 1.87 bits per heavy atom. The maximum Gasteiger partial charge on any atom is 0.369 e. The molecule has 0 amide bonds. The van der Waals surface area contributed by atoms with Crippen LogP contribution in [-0.2, 0) is 35.4 Å². The second-order valence-corrected chi connectivity index (χ2v) is 8.12. The lowest BCUT2D eigenvalue weighted by atomic mass is 9.80. The second kappa shape index (κ2) is 9.54. The number of hydrogen-bond acceptors (Lipinski definition) is 10. The predicted molar refractivity (Wildman–Crippen MR) is 112 cm³/mol. The minimum absolute atomic E-state index is 0.180. The van der Waals surface area contributed by atoms with Gasteiger partial charge in [-0.1, -0.05) is 30.3 Å². The highest BCUT2D eigenvalue weighted by atomic mass is 32.1. The molecule has 2 fully saturated rings. The zero-order valence-electron chi connectivity index (χ0n) is 17.0. The number of hydrogen-bond donors (Lipinski definition) is 1. The summed E-state index contributed by atoms with van der Waals surface area (Å²) in [4.78, 5) is 38.9. The summed E-state index contributed by atoms with van der Waals surface area (Å²) in [6, 6.07) is 10.2. The zero-order chi connectivity index (χ0) is 21.7. The molecular formula is C21H23N3O6S. The summed E-state index contributed by atoms with van der Waals surface area (Å²) in [5.74, 6) is -2.44. The number of carbonyl (C=O) groups is 2. The van der Waals surface area contributed by atoms with Crippen LogP contribution < -0.4 is 5.43 Å². The quantitative estimate of drug-likeness (QED) is 0.298. The van der Waals surface area contributed by atoms with Crippen molar-refractivity contribution in [2.24, 2.45) is 5.10 Å². The number of nitrogens with zero attached hydrogens (tertiary/aromatic N) is 2. The van der Waals surface area contributed by atoms with Crippen molar-refractivity contribution in [3.63, 3.8) is 0 Å². The first-order valence-corrected chi connectivity index (χ1v) is 11.0. The lowest BCUT2D eigenvalue weighted by Crippen LogP contribution is -2.52. The fourth-order valence-electron chi connectivity index (χ4n) is 3.66. The molecule has 4 rings (SSSR count). The van der Waals surface area contributed by atoms with E-state index in [-0.39, 0.29) is 6.61 Å². The Morgan fingerprint density at radius 3 is 2.55 bits per heavy atom. The van der Waals surface area contributed by atoms with Crippen LogP contribution in [0.3, 0.4) is 0 Å². The molecule has 0 atom stereocenters. The molecule has 10 heteroatoms. The highest BCUT2D eigenvalue weighted by Gasteiger charge is 2.49. The Labute approximate surface area is 183 Å². The molecule has 9 nitrogen and oxygen atoms in total. The first-order valence-electron chi connectivity index (χ1n) is 10.1. The van der Waals surface area contributed by atoms with Crippen molar-refractivity contribution in [2.75, 3.05) is 12.0 Å². The molecule has 2 aromatic rings. The van der Waals surface area contributed by atoms with Crippen molar-refractivity contribution >= 4 is 34.1 Å². The highest BCUT2D eigenvalue weighted by molar-refractivity contribution is 7.13. The fraction of sp³-hybridized carbons (Fsp3) is 0.429. The van der Waals surface area contributed by atoms with E-state index in [1.54, 1.807) is 5.38 Å². The van der Waals surface area contributed by atoms with Gasteiger partial charge >= 0.3 is 11.9 Å². The third-order valence-corrected chi connectivity index (χ3v) is 5.98. The first kappa shape index (κ1) is 21.4. The van der Waals surface area contributed by atoms with E-state index in [2.05, 4.69) is 27.6 Å². The molecule has 1 aliphatic carbocycles. The van der Waals surface area contributed by atoms with Crippen LogP contribution >= 0.6 is 11.3 Å². The van der Waals surface area contributed by atoms with Gasteiger partial charge in [0.2, 0.25) is 5.13 Å². The number of thiazole rings is 1. The van der Waals surface area contributed by atoms with Gasteiger partial charge in [0.15, 0.2) is 0 Å². The van der Waals surface area contributed by atoms with Crippen molar-refractivity contribution in [3.8, 4) is 0 Å². The number of esters is 2. The summed E-state index contributed by atoms with van der Waals surface area (Å²) < 4.78 is 11.1. The van der Waals surface area contributed by atoms with Crippen LogP contribution in [0.15, 0.2) is 40.8 Å². The van der Waals surface area contributed by atoms with Crippen molar-refractivity contribution in [3.05, 3.63) is 47.0 Å². The number of nitrogens with one attached hydrogen (secondary N) is 1. The van der Waals surface area contributed by atoms with Crippen LogP contribution in [0.5, 0.6) is 0 Å². The maximum atomic E-state index is 12.5. The summed E-state index contributed by atoms with van der Waals surface area (Å²) in [6.45, 7) is 2.42. The van der Waals surface area contributed by atoms with Crippen molar-refractivity contribution in [1.82, 2.24) is 4.98 Å². The molecule has 31 heavy (non-hydrogen) atoms. The topological polar surface area (TPSA) is 108 Å². The maximum absolute atomic E-state index is 12.5. The van der Waals surface area contributed by atoms with Gasteiger partial charge in [-0.3, -0.25) is 5.43 Å². The molecule has 1 aliphatic heterocycles. The summed E-state index contributed by atoms with van der Waals surface area (Å²) in [5.41, 5.74) is 4.04. The zero-order valence-corrected chi connectivity index (χ0v) is 17.9. The van der Waals surface area contributed by atoms with Crippen molar-refractivity contribution in [1.29, 1.82) is 0 Å². The third kappa shape index (κ3) is 5.09. The normalized spacial score (nSPS) is 23.4. The molecule has 164 valence electrons. The Bertz CT molecular complexity index is 931. The van der Waals surface area contributed by atoms with E-state index in [1.807, 2.05) is 25.1 Å². The van der Waals surface area contributed by atoms with Gasteiger partial charge in [0, 0.05) is 18.2 Å². The molecule has 2 aliphatic rings. The van der Waals surface area contributed by atoms with E-state index in [4.69, 9.17) is 19.2 Å². The summed E-state index contributed by atoms with van der Waals surface area (Å²) in [6.07, 6.45) is 2.45. The number of carbonyl (C=O) groups excluding carboxylic acids is 2. The number of anilines is 1. The van der Waals surface area contributed by atoms with E-state index < -0.39 is 23.4 Å². The number of rotatable bonds is 7. The van der Waals surface area contributed by atoms with E-state index in [0.717, 1.165) is 12.8 Å². The molecule has 1 aromatic carbocycles. The van der Waals surface area contributed by atoms with Gasteiger partial charge in [-0.05, 0) is 31.2 Å². The van der Waals surface area contributed by atoms with Crippen LogP contribution in [-0.4, -0.2) is 35.0 Å². The molecular weight excluding hydrogens is 422 g/mol. The smallest absolute Gasteiger partial charge is 0.369 e. The van der Waals surface area contributed by atoms with Gasteiger partial charge in [-0.2, -0.15) is 5.10 Å². The Kier molecular flexibility index (Phi) is 6.59. The molecule has 0 bridgehead atoms. The Hall–Kier alpha value is -2.82. The van der Waals surface area contributed by atoms with E-state index in [0.29, 0.717) is 36.2 Å². The molecule has 1 spiro atoms. The predicted octanol–water partition coefficient (Wildman–Crippen LogP) is 3.53. The SMILES string of the molecule is CCOOCc1csc(NN=C2C(=O)OC3(CCC(c4ccccc4)CC3)OC2=O)n1. The standard InChI is InChI=1S/C21H23N3O6S/c1-2-27-28-12-16-13-31-20(22-16)24-23-17-18(25)29-21(30-19(17)26)10-8-15(9-11-21)14-6-4-3-5-7-14/h3-7,13,15H,2,8-12H2,1H3,(H,22,24). The molecule has 0 radical (unpaired) electrons. The van der Waals surface area contributed by atoms with Crippen LogP contribution in [0.1, 0.15) is 49.8 Å². The summed E-state index contributed by atoms with van der Waals surface area (Å²) in [7, 11) is 0. The highest BCUT2D eigenvalue weighted by Crippen LogP contribution is 2.42. The third-order valence-electron chi connectivity index (χ3n) is 5.19. The van der Waals surface area contributed by atoms with Crippen molar-refractivity contribution < 1.29 is 28.8 Å². The van der Waals surface area contributed by atoms with E-state index >= 15 is 0 Å². The van der Waals surface area contributed by atoms with Crippen molar-refractivity contribution in [2.45, 2.75) is 50.9 Å². The monoisotopic (exact) mass is 445 g/mol. The van der Waals surface area contributed by atoms with Gasteiger partial charge in [-0.15, -0.1) is 11.3 Å². The summed E-state index contributed by atoms with van der Waals surface area (Å²) in [5, 5.41) is 6.00. The van der Waals surface area contributed by atoms with Gasteiger partial charge in [0.1, 0.15) is 6.61 Å². The number of aromatic nitrogens is 1. The van der Waals surface area contributed by atoms with Crippen LogP contribution in [0, 0.1) is 0 Å². The molecule has 1 aromatic heterocycles. The number of hydrazone groups is 1. The summed E-state index contributed by atoms with van der Waals surface area (Å²) >= 11 is 1.25. The average Bonchev–Trinajstić information content (AvgIpc) is 3.22. The first-order chi connectivity index (χ1) is 15.1. The molecule has 1 N–H and O–H groups in total.